The van der Waals surface area contributed by atoms with Crippen molar-refractivity contribution in [1.29, 1.82) is 0 Å². The van der Waals surface area contributed by atoms with Crippen LogP contribution >= 0.6 is 0 Å². The Labute approximate surface area is 152 Å². The topological polar surface area (TPSA) is 30.9 Å². The van der Waals surface area contributed by atoms with Gasteiger partial charge in [-0.3, -0.25) is 4.90 Å². The van der Waals surface area contributed by atoms with Crippen molar-refractivity contribution in [1.82, 2.24) is 4.90 Å². The SMILES string of the molecule is COc1cccc(C(CCN2CCOCC2)Oc2ccc(F)cc2F)c1. The first kappa shape index (κ1) is 18.6. The molecule has 0 aromatic heterocycles. The normalized spacial score (nSPS) is 16.3. The van der Waals surface area contributed by atoms with E-state index in [9.17, 15) is 8.78 Å². The molecule has 0 aliphatic carbocycles. The fourth-order valence-electron chi connectivity index (χ4n) is 2.98. The average molecular weight is 363 g/mol. The molecule has 1 aliphatic heterocycles. The van der Waals surface area contributed by atoms with Gasteiger partial charge in [-0.2, -0.15) is 0 Å². The van der Waals surface area contributed by atoms with Crippen molar-refractivity contribution in [2.24, 2.45) is 0 Å². The average Bonchev–Trinajstić information content (AvgIpc) is 2.67. The van der Waals surface area contributed by atoms with Gasteiger partial charge in [0.2, 0.25) is 0 Å². The Bertz CT molecular complexity index is 720. The Morgan fingerprint density at radius 1 is 1.12 bits per heavy atom. The molecule has 6 heteroatoms. The zero-order valence-corrected chi connectivity index (χ0v) is 14.8. The van der Waals surface area contributed by atoms with Gasteiger partial charge in [-0.05, 0) is 29.8 Å². The third kappa shape index (κ3) is 4.93. The van der Waals surface area contributed by atoms with Gasteiger partial charge in [0.1, 0.15) is 17.7 Å². The summed E-state index contributed by atoms with van der Waals surface area (Å²) in [5, 5.41) is 0. The summed E-state index contributed by atoms with van der Waals surface area (Å²) in [5.74, 6) is -0.575. The lowest BCUT2D eigenvalue weighted by molar-refractivity contribution is 0.0315. The van der Waals surface area contributed by atoms with Crippen LogP contribution in [-0.4, -0.2) is 44.9 Å². The van der Waals surface area contributed by atoms with Crippen LogP contribution in [0, 0.1) is 11.6 Å². The Balaban J connectivity index is 1.77. The van der Waals surface area contributed by atoms with Crippen molar-refractivity contribution in [2.75, 3.05) is 40.0 Å². The molecule has 1 unspecified atom stereocenters. The summed E-state index contributed by atoms with van der Waals surface area (Å²) in [6, 6.07) is 10.9. The number of hydrogen-bond donors (Lipinski definition) is 0. The molecule has 140 valence electrons. The van der Waals surface area contributed by atoms with Crippen LogP contribution in [0.2, 0.25) is 0 Å². The molecule has 1 saturated heterocycles. The van der Waals surface area contributed by atoms with E-state index in [0.717, 1.165) is 44.5 Å². The quantitative estimate of drug-likeness (QED) is 0.748. The molecule has 26 heavy (non-hydrogen) atoms. The monoisotopic (exact) mass is 363 g/mol. The van der Waals surface area contributed by atoms with Gasteiger partial charge in [-0.25, -0.2) is 8.78 Å². The van der Waals surface area contributed by atoms with Crippen LogP contribution in [0.1, 0.15) is 18.1 Å². The number of rotatable bonds is 7. The van der Waals surface area contributed by atoms with Crippen molar-refractivity contribution >= 4 is 0 Å². The van der Waals surface area contributed by atoms with Crippen molar-refractivity contribution in [3.8, 4) is 11.5 Å². The molecule has 0 amide bonds. The molecule has 0 N–H and O–H groups in total. The zero-order valence-electron chi connectivity index (χ0n) is 14.8. The highest BCUT2D eigenvalue weighted by Gasteiger charge is 2.19. The summed E-state index contributed by atoms with van der Waals surface area (Å²) in [7, 11) is 1.60. The summed E-state index contributed by atoms with van der Waals surface area (Å²) in [4.78, 5) is 2.29. The van der Waals surface area contributed by atoms with Crippen LogP contribution < -0.4 is 9.47 Å². The van der Waals surface area contributed by atoms with Gasteiger partial charge in [0, 0.05) is 32.1 Å². The van der Waals surface area contributed by atoms with E-state index >= 15 is 0 Å². The van der Waals surface area contributed by atoms with Gasteiger partial charge in [0.15, 0.2) is 11.6 Å². The smallest absolute Gasteiger partial charge is 0.168 e. The van der Waals surface area contributed by atoms with Gasteiger partial charge in [-0.15, -0.1) is 0 Å². The molecule has 0 spiro atoms. The summed E-state index contributed by atoms with van der Waals surface area (Å²) in [6.45, 7) is 3.98. The third-order valence-electron chi connectivity index (χ3n) is 4.44. The zero-order chi connectivity index (χ0) is 18.4. The van der Waals surface area contributed by atoms with E-state index in [4.69, 9.17) is 14.2 Å². The minimum Gasteiger partial charge on any atom is -0.497 e. The highest BCUT2D eigenvalue weighted by Crippen LogP contribution is 2.29. The van der Waals surface area contributed by atoms with Crippen LogP contribution in [-0.2, 0) is 4.74 Å². The van der Waals surface area contributed by atoms with E-state index in [0.29, 0.717) is 12.2 Å². The van der Waals surface area contributed by atoms with Crippen molar-refractivity contribution < 1.29 is 23.0 Å². The third-order valence-corrected chi connectivity index (χ3v) is 4.44. The fraction of sp³-hybridized carbons (Fsp3) is 0.400. The minimum atomic E-state index is -0.704. The predicted octanol–water partition coefficient (Wildman–Crippen LogP) is 3.82. The highest BCUT2D eigenvalue weighted by atomic mass is 19.1. The first-order valence-electron chi connectivity index (χ1n) is 8.71. The molecule has 3 rings (SSSR count). The molecule has 1 atom stereocenters. The van der Waals surface area contributed by atoms with Crippen LogP contribution in [0.15, 0.2) is 42.5 Å². The Morgan fingerprint density at radius 3 is 2.65 bits per heavy atom. The number of morpholine rings is 1. The first-order valence-corrected chi connectivity index (χ1v) is 8.71. The second-order valence-electron chi connectivity index (χ2n) is 6.20. The van der Waals surface area contributed by atoms with Crippen molar-refractivity contribution in [3.05, 3.63) is 59.7 Å². The second kappa shape index (κ2) is 8.96. The second-order valence-corrected chi connectivity index (χ2v) is 6.20. The van der Waals surface area contributed by atoms with E-state index < -0.39 is 11.6 Å². The number of ether oxygens (including phenoxy) is 3. The number of methoxy groups -OCH3 is 1. The molecular weight excluding hydrogens is 340 g/mol. The maximum atomic E-state index is 14.1. The molecule has 0 bridgehead atoms. The highest BCUT2D eigenvalue weighted by molar-refractivity contribution is 5.32. The predicted molar refractivity (Wildman–Crippen MR) is 94.6 cm³/mol. The lowest BCUT2D eigenvalue weighted by Gasteiger charge is -2.29. The number of nitrogens with zero attached hydrogens (tertiary/aromatic N) is 1. The molecule has 2 aromatic rings. The molecule has 2 aromatic carbocycles. The van der Waals surface area contributed by atoms with E-state index in [2.05, 4.69) is 4.90 Å². The van der Waals surface area contributed by atoms with Crippen molar-refractivity contribution in [2.45, 2.75) is 12.5 Å². The van der Waals surface area contributed by atoms with E-state index in [1.54, 1.807) is 7.11 Å². The molecule has 1 heterocycles. The Kier molecular flexibility index (Phi) is 6.41. The van der Waals surface area contributed by atoms with Gasteiger partial charge in [0.25, 0.3) is 0 Å². The molecular formula is C20H23F2NO3. The summed E-state index contributed by atoms with van der Waals surface area (Å²) in [6.07, 6.45) is 0.303. The van der Waals surface area contributed by atoms with Gasteiger partial charge >= 0.3 is 0 Å². The summed E-state index contributed by atoms with van der Waals surface area (Å²) < 4.78 is 43.8. The van der Waals surface area contributed by atoms with Gasteiger partial charge in [0.05, 0.1) is 20.3 Å². The van der Waals surface area contributed by atoms with Crippen LogP contribution in [0.4, 0.5) is 8.78 Å². The lowest BCUT2D eigenvalue weighted by atomic mass is 10.1. The molecule has 0 saturated carbocycles. The van der Waals surface area contributed by atoms with Gasteiger partial charge in [-0.1, -0.05) is 12.1 Å². The largest absolute Gasteiger partial charge is 0.497 e. The molecule has 1 aliphatic rings. The number of halogens is 2. The number of hydrogen-bond acceptors (Lipinski definition) is 4. The number of benzene rings is 2. The van der Waals surface area contributed by atoms with Crippen LogP contribution in [0.3, 0.4) is 0 Å². The van der Waals surface area contributed by atoms with E-state index in [1.165, 1.54) is 12.1 Å². The Hall–Kier alpha value is -2.18. The standard InChI is InChI=1S/C20H23F2NO3/c1-24-17-4-2-3-15(13-17)19(7-8-23-9-11-25-12-10-23)26-20-6-5-16(21)14-18(20)22/h2-6,13-14,19H,7-12H2,1H3. The van der Waals surface area contributed by atoms with E-state index in [-0.39, 0.29) is 11.9 Å². The van der Waals surface area contributed by atoms with Crippen LogP contribution in [0.25, 0.3) is 0 Å². The van der Waals surface area contributed by atoms with Crippen molar-refractivity contribution in [3.63, 3.8) is 0 Å². The summed E-state index contributed by atoms with van der Waals surface area (Å²) >= 11 is 0. The molecule has 1 fully saturated rings. The van der Waals surface area contributed by atoms with Gasteiger partial charge < -0.3 is 14.2 Å². The molecule has 4 nitrogen and oxygen atoms in total. The minimum absolute atomic E-state index is 0.0428. The fourth-order valence-corrected chi connectivity index (χ4v) is 2.98. The van der Waals surface area contributed by atoms with E-state index in [1.807, 2.05) is 24.3 Å². The summed E-state index contributed by atoms with van der Waals surface area (Å²) in [5.41, 5.74) is 0.890. The lowest BCUT2D eigenvalue weighted by Crippen LogP contribution is -2.37. The maximum Gasteiger partial charge on any atom is 0.168 e. The molecule has 0 radical (unpaired) electrons. The first-order chi connectivity index (χ1) is 12.7. The Morgan fingerprint density at radius 2 is 1.92 bits per heavy atom. The van der Waals surface area contributed by atoms with Crippen LogP contribution in [0.5, 0.6) is 11.5 Å². The maximum absolute atomic E-state index is 14.1.